The highest BCUT2D eigenvalue weighted by Crippen LogP contribution is 2.19. The average molecular weight is 524 g/mol. The van der Waals surface area contributed by atoms with Crippen LogP contribution in [-0.4, -0.2) is 70.9 Å². The molecule has 5 N–H and O–H groups in total. The Labute approximate surface area is 220 Å². The summed E-state index contributed by atoms with van der Waals surface area (Å²) < 4.78 is 0. The van der Waals surface area contributed by atoms with Gasteiger partial charge in [0.2, 0.25) is 0 Å². The molecule has 0 atom stereocenters. The largest absolute Gasteiger partial charge is 0.349 e. The van der Waals surface area contributed by atoms with Crippen molar-refractivity contribution in [2.75, 3.05) is 43.4 Å². The summed E-state index contributed by atoms with van der Waals surface area (Å²) in [6.07, 6.45) is 1.32. The molecule has 1 saturated heterocycles. The van der Waals surface area contributed by atoms with E-state index in [2.05, 4.69) is 50.0 Å². The maximum absolute atomic E-state index is 12.9. The lowest BCUT2D eigenvalue weighted by atomic mass is 10.0. The third-order valence-electron chi connectivity index (χ3n) is 6.26. The van der Waals surface area contributed by atoms with Crippen LogP contribution in [0.1, 0.15) is 45.2 Å². The summed E-state index contributed by atoms with van der Waals surface area (Å²) in [5.41, 5.74) is 1.24. The Balaban J connectivity index is 1.34. The molecule has 0 saturated carbocycles. The number of carbonyl (C=O) groups excluding carboxylic acids is 3. The first-order valence-corrected chi connectivity index (χ1v) is 12.4. The number of piperazine rings is 1. The van der Waals surface area contributed by atoms with Crippen LogP contribution < -0.4 is 21.3 Å². The van der Waals surface area contributed by atoms with Gasteiger partial charge in [0.15, 0.2) is 5.69 Å². The van der Waals surface area contributed by atoms with Crippen LogP contribution in [0.5, 0.6) is 0 Å². The normalized spacial score (nSPS) is 14.1. The summed E-state index contributed by atoms with van der Waals surface area (Å²) in [5, 5.41) is 12.1. The molecule has 0 spiro atoms. The van der Waals surface area contributed by atoms with Crippen LogP contribution in [0, 0.1) is 0 Å². The lowest BCUT2D eigenvalue weighted by Gasteiger charge is -2.41. The highest BCUT2D eigenvalue weighted by Gasteiger charge is 2.29. The van der Waals surface area contributed by atoms with Crippen molar-refractivity contribution in [1.29, 1.82) is 0 Å². The highest BCUT2D eigenvalue weighted by atomic mass is 35.5. The van der Waals surface area contributed by atoms with E-state index in [1.807, 2.05) is 0 Å². The van der Waals surface area contributed by atoms with Gasteiger partial charge in [0, 0.05) is 49.6 Å². The van der Waals surface area contributed by atoms with Crippen molar-refractivity contribution in [2.45, 2.75) is 19.4 Å². The molecule has 1 aliphatic rings. The topological polar surface area (TPSA) is 131 Å². The zero-order valence-electron chi connectivity index (χ0n) is 20.7. The molecule has 0 unspecified atom stereocenters. The molecular weight excluding hydrogens is 494 g/mol. The van der Waals surface area contributed by atoms with Crippen molar-refractivity contribution >= 4 is 40.7 Å². The van der Waals surface area contributed by atoms with Crippen LogP contribution in [-0.2, 0) is 0 Å². The SMILES string of the molecule is CC(C)(CNC(=O)c1[nH]cnc1C(=O)Nc1ccc(NC(=O)c2ccccc2Cl)cc1)N1CCNCC1. The first kappa shape index (κ1) is 26.3. The number of amides is 3. The maximum atomic E-state index is 12.9. The summed E-state index contributed by atoms with van der Waals surface area (Å²) in [5.74, 6) is -1.26. The lowest BCUT2D eigenvalue weighted by Crippen LogP contribution is -2.57. The number of anilines is 2. The second-order valence-corrected chi connectivity index (χ2v) is 9.73. The second kappa shape index (κ2) is 11.5. The Hall–Kier alpha value is -3.73. The number of benzene rings is 2. The van der Waals surface area contributed by atoms with Crippen LogP contribution in [0.25, 0.3) is 0 Å². The van der Waals surface area contributed by atoms with Crippen molar-refractivity contribution in [3.63, 3.8) is 0 Å². The third kappa shape index (κ3) is 6.53. The van der Waals surface area contributed by atoms with Crippen LogP contribution >= 0.6 is 11.6 Å². The summed E-state index contributed by atoms with van der Waals surface area (Å²) in [6, 6.07) is 13.4. The Bertz CT molecular complexity index is 1270. The van der Waals surface area contributed by atoms with E-state index in [0.717, 1.165) is 26.2 Å². The molecule has 0 bridgehead atoms. The van der Waals surface area contributed by atoms with Crippen molar-refractivity contribution in [1.82, 2.24) is 25.5 Å². The van der Waals surface area contributed by atoms with E-state index in [9.17, 15) is 14.4 Å². The minimum atomic E-state index is -0.527. The zero-order valence-corrected chi connectivity index (χ0v) is 21.5. The number of hydrogen-bond acceptors (Lipinski definition) is 6. The first-order chi connectivity index (χ1) is 17.7. The summed E-state index contributed by atoms with van der Waals surface area (Å²) in [4.78, 5) is 47.3. The summed E-state index contributed by atoms with van der Waals surface area (Å²) in [7, 11) is 0. The molecule has 1 aliphatic heterocycles. The number of carbonyl (C=O) groups is 3. The van der Waals surface area contributed by atoms with E-state index in [4.69, 9.17) is 11.6 Å². The van der Waals surface area contributed by atoms with Gasteiger partial charge in [-0.1, -0.05) is 23.7 Å². The molecular formula is C26H30ClN7O3. The van der Waals surface area contributed by atoms with Gasteiger partial charge in [0.25, 0.3) is 17.7 Å². The van der Waals surface area contributed by atoms with Gasteiger partial charge in [-0.2, -0.15) is 0 Å². The summed E-state index contributed by atoms with van der Waals surface area (Å²) >= 11 is 6.08. The molecule has 2 heterocycles. The van der Waals surface area contributed by atoms with E-state index in [-0.39, 0.29) is 22.8 Å². The predicted octanol–water partition coefficient (Wildman–Crippen LogP) is 2.98. The fourth-order valence-electron chi connectivity index (χ4n) is 4.08. The van der Waals surface area contributed by atoms with Crippen LogP contribution in [0.2, 0.25) is 5.02 Å². The Morgan fingerprint density at radius 2 is 1.57 bits per heavy atom. The first-order valence-electron chi connectivity index (χ1n) is 12.0. The standard InChI is InChI=1S/C26H30ClN7O3/c1-26(2,34-13-11-28-12-14-34)15-29-24(36)21-22(31-16-30-21)25(37)33-18-9-7-17(8-10-18)32-23(35)19-5-3-4-6-20(19)27/h3-10,16,28H,11-15H2,1-2H3,(H,29,36)(H,30,31)(H,32,35)(H,33,37). The van der Waals surface area contributed by atoms with Gasteiger partial charge in [-0.25, -0.2) is 4.98 Å². The van der Waals surface area contributed by atoms with Crippen LogP contribution in [0.4, 0.5) is 11.4 Å². The number of hydrogen-bond donors (Lipinski definition) is 5. The number of halogens is 1. The van der Waals surface area contributed by atoms with Crippen molar-refractivity contribution in [3.8, 4) is 0 Å². The highest BCUT2D eigenvalue weighted by molar-refractivity contribution is 6.34. The molecule has 3 amide bonds. The fraction of sp³-hybridized carbons (Fsp3) is 0.308. The smallest absolute Gasteiger partial charge is 0.276 e. The Kier molecular flexibility index (Phi) is 8.22. The Morgan fingerprint density at radius 1 is 0.946 bits per heavy atom. The molecule has 4 rings (SSSR count). The van der Waals surface area contributed by atoms with E-state index in [0.29, 0.717) is 28.5 Å². The molecule has 0 radical (unpaired) electrons. The van der Waals surface area contributed by atoms with Gasteiger partial charge >= 0.3 is 0 Å². The molecule has 37 heavy (non-hydrogen) atoms. The van der Waals surface area contributed by atoms with Crippen LogP contribution in [0.3, 0.4) is 0 Å². The molecule has 3 aromatic rings. The molecule has 2 aromatic carbocycles. The Morgan fingerprint density at radius 3 is 2.22 bits per heavy atom. The average Bonchev–Trinajstić information content (AvgIpc) is 3.40. The van der Waals surface area contributed by atoms with Gasteiger partial charge < -0.3 is 26.3 Å². The van der Waals surface area contributed by atoms with Crippen LogP contribution in [0.15, 0.2) is 54.9 Å². The van der Waals surface area contributed by atoms with Gasteiger partial charge in [-0.15, -0.1) is 0 Å². The molecule has 1 fully saturated rings. The molecule has 1 aromatic heterocycles. The second-order valence-electron chi connectivity index (χ2n) is 9.32. The minimum absolute atomic E-state index is 0.00595. The minimum Gasteiger partial charge on any atom is -0.349 e. The molecule has 10 nitrogen and oxygen atoms in total. The number of aromatic nitrogens is 2. The van der Waals surface area contributed by atoms with Crippen molar-refractivity contribution < 1.29 is 14.4 Å². The van der Waals surface area contributed by atoms with Crippen molar-refractivity contribution in [3.05, 3.63) is 76.8 Å². The zero-order chi connectivity index (χ0) is 26.4. The maximum Gasteiger partial charge on any atom is 0.276 e. The van der Waals surface area contributed by atoms with E-state index < -0.39 is 11.8 Å². The fourth-order valence-corrected chi connectivity index (χ4v) is 4.30. The number of aromatic amines is 1. The van der Waals surface area contributed by atoms with Gasteiger partial charge in [-0.05, 0) is 50.2 Å². The quantitative estimate of drug-likeness (QED) is 0.308. The van der Waals surface area contributed by atoms with Crippen molar-refractivity contribution in [2.24, 2.45) is 0 Å². The van der Waals surface area contributed by atoms with E-state index >= 15 is 0 Å². The molecule has 0 aliphatic carbocycles. The number of rotatable bonds is 8. The number of imidazole rings is 1. The van der Waals surface area contributed by atoms with Gasteiger partial charge in [0.1, 0.15) is 5.69 Å². The van der Waals surface area contributed by atoms with Gasteiger partial charge in [0.05, 0.1) is 16.9 Å². The monoisotopic (exact) mass is 523 g/mol. The summed E-state index contributed by atoms with van der Waals surface area (Å²) in [6.45, 7) is 8.23. The molecule has 194 valence electrons. The van der Waals surface area contributed by atoms with Gasteiger partial charge in [-0.3, -0.25) is 19.3 Å². The number of H-pyrrole nitrogens is 1. The number of nitrogens with one attached hydrogen (secondary N) is 5. The van der Waals surface area contributed by atoms with E-state index in [1.165, 1.54) is 6.33 Å². The predicted molar refractivity (Wildman–Crippen MR) is 143 cm³/mol. The van der Waals surface area contributed by atoms with E-state index in [1.54, 1.807) is 48.5 Å². The third-order valence-corrected chi connectivity index (χ3v) is 6.58. The lowest BCUT2D eigenvalue weighted by molar-refractivity contribution is 0.0820. The number of nitrogens with zero attached hydrogens (tertiary/aromatic N) is 2. The molecule has 11 heteroatoms.